The van der Waals surface area contributed by atoms with Crippen LogP contribution in [-0.2, 0) is 16.2 Å². The van der Waals surface area contributed by atoms with Crippen LogP contribution in [0.4, 0.5) is 0 Å². The SMILES string of the molecule is CC(C)(C)c1ccc2c(c1)C(C)(C)c1cc(C(C)(C)C)cc(C(=O)O)c1O2. The normalized spacial score (nSPS) is 15.6. The van der Waals surface area contributed by atoms with Crippen molar-refractivity contribution in [2.45, 2.75) is 71.6 Å². The molecule has 0 unspecified atom stereocenters. The summed E-state index contributed by atoms with van der Waals surface area (Å²) in [5.74, 6) is 0.255. The maximum Gasteiger partial charge on any atom is 0.339 e. The van der Waals surface area contributed by atoms with E-state index in [1.54, 1.807) is 6.07 Å². The fourth-order valence-electron chi connectivity index (χ4n) is 3.62. The Morgan fingerprint density at radius 1 is 0.889 bits per heavy atom. The van der Waals surface area contributed by atoms with E-state index in [1.807, 2.05) is 6.07 Å². The van der Waals surface area contributed by atoms with Crippen molar-refractivity contribution in [3.8, 4) is 11.5 Å². The highest BCUT2D eigenvalue weighted by molar-refractivity contribution is 5.92. The molecular formula is C24H30O3. The number of hydrogen-bond donors (Lipinski definition) is 1. The Labute approximate surface area is 162 Å². The van der Waals surface area contributed by atoms with Gasteiger partial charge in [-0.15, -0.1) is 0 Å². The van der Waals surface area contributed by atoms with Gasteiger partial charge in [0.2, 0.25) is 0 Å². The zero-order valence-corrected chi connectivity index (χ0v) is 17.7. The van der Waals surface area contributed by atoms with Gasteiger partial charge in [-0.1, -0.05) is 73.6 Å². The minimum Gasteiger partial charge on any atom is -0.478 e. The van der Waals surface area contributed by atoms with Crippen LogP contribution in [0.1, 0.15) is 88.0 Å². The zero-order chi connectivity index (χ0) is 20.4. The summed E-state index contributed by atoms with van der Waals surface area (Å²) in [4.78, 5) is 12.0. The first-order valence-electron chi connectivity index (χ1n) is 9.48. The average Bonchev–Trinajstić information content (AvgIpc) is 2.52. The molecule has 0 saturated heterocycles. The van der Waals surface area contributed by atoms with Crippen LogP contribution >= 0.6 is 0 Å². The van der Waals surface area contributed by atoms with Gasteiger partial charge < -0.3 is 9.84 Å². The van der Waals surface area contributed by atoms with Gasteiger partial charge in [0.1, 0.15) is 17.1 Å². The van der Waals surface area contributed by atoms with Crippen LogP contribution in [0.2, 0.25) is 0 Å². The van der Waals surface area contributed by atoms with E-state index >= 15 is 0 Å². The van der Waals surface area contributed by atoms with Gasteiger partial charge in [0.05, 0.1) is 0 Å². The van der Waals surface area contributed by atoms with E-state index in [0.29, 0.717) is 5.75 Å². The van der Waals surface area contributed by atoms with Gasteiger partial charge in [0.15, 0.2) is 0 Å². The highest BCUT2D eigenvalue weighted by atomic mass is 16.5. The van der Waals surface area contributed by atoms with Gasteiger partial charge in [0, 0.05) is 16.5 Å². The molecule has 144 valence electrons. The number of benzene rings is 2. The summed E-state index contributed by atoms with van der Waals surface area (Å²) >= 11 is 0. The molecule has 0 radical (unpaired) electrons. The van der Waals surface area contributed by atoms with Crippen molar-refractivity contribution in [1.82, 2.24) is 0 Å². The second-order valence-electron chi connectivity index (χ2n) is 10.1. The number of fused-ring (bicyclic) bond motifs is 2. The molecule has 0 bridgehead atoms. The van der Waals surface area contributed by atoms with Crippen LogP contribution in [0, 0.1) is 0 Å². The Morgan fingerprint density at radius 3 is 1.96 bits per heavy atom. The van der Waals surface area contributed by atoms with Crippen molar-refractivity contribution >= 4 is 5.97 Å². The second kappa shape index (κ2) is 5.85. The summed E-state index contributed by atoms with van der Waals surface area (Å²) in [6, 6.07) is 10.1. The molecule has 0 aliphatic carbocycles. The van der Waals surface area contributed by atoms with E-state index in [0.717, 1.165) is 22.4 Å². The molecular weight excluding hydrogens is 336 g/mol. The molecule has 0 saturated carbocycles. The molecule has 2 aromatic rings. The van der Waals surface area contributed by atoms with Crippen molar-refractivity contribution in [3.63, 3.8) is 0 Å². The summed E-state index contributed by atoms with van der Waals surface area (Å²) in [6.07, 6.45) is 0. The largest absolute Gasteiger partial charge is 0.478 e. The first kappa shape index (κ1) is 19.5. The van der Waals surface area contributed by atoms with Crippen LogP contribution in [0.25, 0.3) is 0 Å². The molecule has 3 heteroatoms. The van der Waals surface area contributed by atoms with E-state index < -0.39 is 5.97 Å². The number of aromatic carboxylic acids is 1. The monoisotopic (exact) mass is 366 g/mol. The number of carbonyl (C=O) groups is 1. The third-order valence-corrected chi connectivity index (χ3v) is 5.59. The minimum atomic E-state index is -0.956. The Morgan fingerprint density at radius 2 is 1.44 bits per heavy atom. The van der Waals surface area contributed by atoms with Crippen LogP contribution in [0.15, 0.2) is 30.3 Å². The summed E-state index contributed by atoms with van der Waals surface area (Å²) < 4.78 is 6.16. The van der Waals surface area contributed by atoms with E-state index in [1.165, 1.54) is 5.56 Å². The van der Waals surface area contributed by atoms with Crippen LogP contribution in [0.5, 0.6) is 11.5 Å². The van der Waals surface area contributed by atoms with Crippen molar-refractivity contribution in [1.29, 1.82) is 0 Å². The lowest BCUT2D eigenvalue weighted by molar-refractivity contribution is 0.0693. The quantitative estimate of drug-likeness (QED) is 0.634. The number of rotatable bonds is 1. The second-order valence-corrected chi connectivity index (χ2v) is 10.1. The maximum atomic E-state index is 12.0. The number of ether oxygens (including phenoxy) is 1. The first-order valence-corrected chi connectivity index (χ1v) is 9.48. The Bertz CT molecular complexity index is 922. The lowest BCUT2D eigenvalue weighted by atomic mass is 9.71. The van der Waals surface area contributed by atoms with Crippen LogP contribution in [0.3, 0.4) is 0 Å². The molecule has 3 nitrogen and oxygen atoms in total. The summed E-state index contributed by atoms with van der Waals surface area (Å²) in [7, 11) is 0. The van der Waals surface area contributed by atoms with Crippen molar-refractivity contribution in [3.05, 3.63) is 58.1 Å². The molecule has 1 aliphatic heterocycles. The van der Waals surface area contributed by atoms with Gasteiger partial charge in [-0.2, -0.15) is 0 Å². The van der Waals surface area contributed by atoms with Gasteiger partial charge in [0.25, 0.3) is 0 Å². The highest BCUT2D eigenvalue weighted by Crippen LogP contribution is 2.51. The smallest absolute Gasteiger partial charge is 0.339 e. The van der Waals surface area contributed by atoms with E-state index in [4.69, 9.17) is 4.74 Å². The molecule has 0 atom stereocenters. The maximum absolute atomic E-state index is 12.0. The summed E-state index contributed by atoms with van der Waals surface area (Å²) in [5, 5.41) is 9.82. The average molecular weight is 367 g/mol. The molecule has 1 aliphatic rings. The van der Waals surface area contributed by atoms with E-state index in [9.17, 15) is 9.90 Å². The highest BCUT2D eigenvalue weighted by Gasteiger charge is 2.38. The molecule has 3 rings (SSSR count). The Kier molecular flexibility index (Phi) is 4.22. The molecule has 0 fully saturated rings. The first-order chi connectivity index (χ1) is 12.2. The Hall–Kier alpha value is -2.29. The fourth-order valence-corrected chi connectivity index (χ4v) is 3.62. The van der Waals surface area contributed by atoms with Crippen molar-refractivity contribution in [2.24, 2.45) is 0 Å². The summed E-state index contributed by atoms with van der Waals surface area (Å²) in [5.41, 5.74) is 4.05. The van der Waals surface area contributed by atoms with Gasteiger partial charge in [-0.25, -0.2) is 4.79 Å². The standard InChI is InChI=1S/C24H30O3/c1-22(2,3)14-9-10-19-17(12-14)24(7,8)18-13-15(23(4,5)6)11-16(21(25)26)20(18)27-19/h9-13H,1-8H3,(H,25,26). The number of carboxylic acid groups (broad SMARTS) is 1. The minimum absolute atomic E-state index is 0.0326. The van der Waals surface area contributed by atoms with Crippen LogP contribution < -0.4 is 4.74 Å². The third kappa shape index (κ3) is 3.24. The van der Waals surface area contributed by atoms with Crippen molar-refractivity contribution in [2.75, 3.05) is 0 Å². The van der Waals surface area contributed by atoms with Gasteiger partial charge >= 0.3 is 5.97 Å². The predicted octanol–water partition coefficient (Wildman–Crippen LogP) is 6.41. The van der Waals surface area contributed by atoms with Gasteiger partial charge in [-0.05, 0) is 34.1 Å². The molecule has 2 aromatic carbocycles. The molecule has 0 amide bonds. The fraction of sp³-hybridized carbons (Fsp3) is 0.458. The predicted molar refractivity (Wildman–Crippen MR) is 109 cm³/mol. The van der Waals surface area contributed by atoms with E-state index in [-0.39, 0.29) is 21.8 Å². The zero-order valence-electron chi connectivity index (χ0n) is 17.7. The molecule has 0 aromatic heterocycles. The van der Waals surface area contributed by atoms with E-state index in [2.05, 4.69) is 73.6 Å². The molecule has 27 heavy (non-hydrogen) atoms. The summed E-state index contributed by atoms with van der Waals surface area (Å²) in [6.45, 7) is 17.2. The topological polar surface area (TPSA) is 46.5 Å². The molecule has 1 heterocycles. The lowest BCUT2D eigenvalue weighted by Crippen LogP contribution is -2.28. The molecule has 0 spiro atoms. The van der Waals surface area contributed by atoms with Crippen LogP contribution in [-0.4, -0.2) is 11.1 Å². The number of hydrogen-bond acceptors (Lipinski definition) is 2. The Balaban J connectivity index is 2.30. The molecule has 1 N–H and O–H groups in total. The number of carboxylic acids is 1. The third-order valence-electron chi connectivity index (χ3n) is 5.59. The lowest BCUT2D eigenvalue weighted by Gasteiger charge is -2.37. The van der Waals surface area contributed by atoms with Gasteiger partial charge in [-0.3, -0.25) is 0 Å². The van der Waals surface area contributed by atoms with Crippen molar-refractivity contribution < 1.29 is 14.6 Å².